The molecule has 2 saturated carbocycles. The van der Waals surface area contributed by atoms with Crippen LogP contribution in [-0.4, -0.2) is 13.2 Å². The lowest BCUT2D eigenvalue weighted by Gasteiger charge is -2.38. The molecule has 0 aromatic rings. The van der Waals surface area contributed by atoms with Crippen LogP contribution in [0.5, 0.6) is 0 Å². The summed E-state index contributed by atoms with van der Waals surface area (Å²) in [5.41, 5.74) is 0. The average Bonchev–Trinajstić information content (AvgIpc) is 2.63. The van der Waals surface area contributed by atoms with Crippen LogP contribution in [0.4, 0.5) is 0 Å². The van der Waals surface area contributed by atoms with Crippen LogP contribution in [0, 0.1) is 23.7 Å². The molecule has 0 aliphatic heterocycles. The third kappa shape index (κ3) is 7.46. The van der Waals surface area contributed by atoms with E-state index in [4.69, 9.17) is 4.74 Å². The van der Waals surface area contributed by atoms with Crippen molar-refractivity contribution >= 4 is 0 Å². The lowest BCUT2D eigenvalue weighted by Crippen LogP contribution is -2.27. The van der Waals surface area contributed by atoms with Crippen LogP contribution in [0.2, 0.25) is 0 Å². The van der Waals surface area contributed by atoms with E-state index in [2.05, 4.69) is 13.8 Å². The van der Waals surface area contributed by atoms with E-state index < -0.39 is 0 Å². The Kier molecular flexibility index (Phi) is 10.4. The molecule has 2 aliphatic carbocycles. The highest BCUT2D eigenvalue weighted by atomic mass is 16.5. The normalized spacial score (nSPS) is 31.2. The van der Waals surface area contributed by atoms with Gasteiger partial charge >= 0.3 is 0 Å². The topological polar surface area (TPSA) is 9.23 Å². The standard InChI is InChI=1S/C23H44O/c1-3-5-7-9-20-10-14-22(15-11-20)23-16-12-21(13-17-23)19-24-18-8-6-4-2/h20-23H,3-19H2,1-2H3. The highest BCUT2D eigenvalue weighted by Gasteiger charge is 2.30. The lowest BCUT2D eigenvalue weighted by atomic mass is 9.69. The summed E-state index contributed by atoms with van der Waals surface area (Å²) < 4.78 is 5.92. The summed E-state index contributed by atoms with van der Waals surface area (Å²) in [5, 5.41) is 0. The summed E-state index contributed by atoms with van der Waals surface area (Å²) in [5.74, 6) is 4.06. The van der Waals surface area contributed by atoms with Gasteiger partial charge in [0.05, 0.1) is 0 Å². The third-order valence-electron chi connectivity index (χ3n) is 6.91. The average molecular weight is 337 g/mol. The van der Waals surface area contributed by atoms with Gasteiger partial charge in [-0.2, -0.15) is 0 Å². The summed E-state index contributed by atoms with van der Waals surface area (Å²) in [6.07, 6.45) is 21.7. The molecule has 0 heterocycles. The predicted molar refractivity (Wildman–Crippen MR) is 105 cm³/mol. The molecule has 0 aromatic carbocycles. The molecule has 0 N–H and O–H groups in total. The Labute approximate surface area is 152 Å². The summed E-state index contributed by atoms with van der Waals surface area (Å²) >= 11 is 0. The highest BCUT2D eigenvalue weighted by molar-refractivity contribution is 4.82. The Morgan fingerprint density at radius 3 is 1.75 bits per heavy atom. The second-order valence-electron chi connectivity index (χ2n) is 8.84. The van der Waals surface area contributed by atoms with Crippen molar-refractivity contribution in [1.29, 1.82) is 0 Å². The summed E-state index contributed by atoms with van der Waals surface area (Å²) in [6.45, 7) is 6.62. The maximum absolute atomic E-state index is 5.92. The zero-order chi connectivity index (χ0) is 17.0. The molecule has 0 aromatic heterocycles. The molecule has 1 heteroatoms. The molecule has 142 valence electrons. The van der Waals surface area contributed by atoms with E-state index in [0.717, 1.165) is 36.9 Å². The Bertz CT molecular complexity index is 284. The van der Waals surface area contributed by atoms with E-state index in [9.17, 15) is 0 Å². The first-order valence-corrected chi connectivity index (χ1v) is 11.4. The monoisotopic (exact) mass is 336 g/mol. The zero-order valence-electron chi connectivity index (χ0n) is 16.7. The third-order valence-corrected chi connectivity index (χ3v) is 6.91. The van der Waals surface area contributed by atoms with E-state index >= 15 is 0 Å². The van der Waals surface area contributed by atoms with Crippen molar-refractivity contribution in [3.05, 3.63) is 0 Å². The van der Waals surface area contributed by atoms with Gasteiger partial charge in [0.25, 0.3) is 0 Å². The fourth-order valence-electron chi connectivity index (χ4n) is 5.16. The van der Waals surface area contributed by atoms with Crippen LogP contribution in [0.25, 0.3) is 0 Å². The number of unbranched alkanes of at least 4 members (excludes halogenated alkanes) is 4. The maximum Gasteiger partial charge on any atom is 0.0494 e. The van der Waals surface area contributed by atoms with Crippen LogP contribution in [0.3, 0.4) is 0 Å². The van der Waals surface area contributed by atoms with Crippen molar-refractivity contribution < 1.29 is 4.74 Å². The highest BCUT2D eigenvalue weighted by Crippen LogP contribution is 2.42. The van der Waals surface area contributed by atoms with Gasteiger partial charge in [-0.05, 0) is 68.6 Å². The zero-order valence-corrected chi connectivity index (χ0v) is 16.7. The number of rotatable bonds is 11. The van der Waals surface area contributed by atoms with Crippen LogP contribution >= 0.6 is 0 Å². The second-order valence-corrected chi connectivity index (χ2v) is 8.84. The molecule has 0 bridgehead atoms. The quantitative estimate of drug-likeness (QED) is 0.357. The van der Waals surface area contributed by atoms with Crippen molar-refractivity contribution in [2.24, 2.45) is 23.7 Å². The van der Waals surface area contributed by atoms with Crippen LogP contribution in [0.15, 0.2) is 0 Å². The van der Waals surface area contributed by atoms with Gasteiger partial charge in [-0.25, -0.2) is 0 Å². The number of hydrogen-bond acceptors (Lipinski definition) is 1. The molecule has 0 atom stereocenters. The van der Waals surface area contributed by atoms with Gasteiger partial charge in [-0.3, -0.25) is 0 Å². The molecule has 0 spiro atoms. The van der Waals surface area contributed by atoms with Crippen molar-refractivity contribution in [3.8, 4) is 0 Å². The second kappa shape index (κ2) is 12.3. The Hall–Kier alpha value is -0.0400. The molecular weight excluding hydrogens is 292 g/mol. The van der Waals surface area contributed by atoms with Gasteiger partial charge in [0, 0.05) is 13.2 Å². The first-order chi connectivity index (χ1) is 11.8. The van der Waals surface area contributed by atoms with E-state index in [0.29, 0.717) is 0 Å². The summed E-state index contributed by atoms with van der Waals surface area (Å²) in [6, 6.07) is 0. The minimum atomic E-state index is 0.869. The Balaban J connectivity index is 1.53. The predicted octanol–water partition coefficient (Wildman–Crippen LogP) is 7.39. The Morgan fingerprint density at radius 2 is 1.17 bits per heavy atom. The van der Waals surface area contributed by atoms with E-state index in [-0.39, 0.29) is 0 Å². The molecule has 0 unspecified atom stereocenters. The molecule has 1 nitrogen and oxygen atoms in total. The molecule has 0 radical (unpaired) electrons. The summed E-state index contributed by atoms with van der Waals surface area (Å²) in [4.78, 5) is 0. The molecule has 2 aliphatic rings. The fraction of sp³-hybridized carbons (Fsp3) is 1.00. The fourth-order valence-corrected chi connectivity index (χ4v) is 5.16. The molecule has 0 amide bonds. The van der Waals surface area contributed by atoms with E-state index in [1.54, 1.807) is 12.8 Å². The SMILES string of the molecule is CCCCCOCC1CCC(C2CCC(CCCCC)CC2)CC1. The van der Waals surface area contributed by atoms with Crippen LogP contribution in [-0.2, 0) is 4.74 Å². The van der Waals surface area contributed by atoms with Gasteiger partial charge in [0.1, 0.15) is 0 Å². The van der Waals surface area contributed by atoms with Crippen molar-refractivity contribution in [3.63, 3.8) is 0 Å². The first-order valence-electron chi connectivity index (χ1n) is 11.4. The van der Waals surface area contributed by atoms with Crippen molar-refractivity contribution in [2.75, 3.05) is 13.2 Å². The van der Waals surface area contributed by atoms with E-state index in [1.807, 2.05) is 0 Å². The number of hydrogen-bond donors (Lipinski definition) is 0. The Morgan fingerprint density at radius 1 is 0.625 bits per heavy atom. The molecule has 24 heavy (non-hydrogen) atoms. The molecule has 0 saturated heterocycles. The smallest absolute Gasteiger partial charge is 0.0494 e. The van der Waals surface area contributed by atoms with Gasteiger partial charge < -0.3 is 4.74 Å². The molecular formula is C23H44O. The van der Waals surface area contributed by atoms with Crippen LogP contribution < -0.4 is 0 Å². The first kappa shape index (κ1) is 20.3. The minimum Gasteiger partial charge on any atom is -0.381 e. The lowest BCUT2D eigenvalue weighted by molar-refractivity contribution is 0.0627. The largest absolute Gasteiger partial charge is 0.381 e. The molecule has 2 rings (SSSR count). The maximum atomic E-state index is 5.92. The van der Waals surface area contributed by atoms with Crippen molar-refractivity contribution in [2.45, 2.75) is 110 Å². The van der Waals surface area contributed by atoms with Gasteiger partial charge in [-0.15, -0.1) is 0 Å². The number of ether oxygens (including phenoxy) is 1. The minimum absolute atomic E-state index is 0.869. The van der Waals surface area contributed by atoms with Crippen molar-refractivity contribution in [1.82, 2.24) is 0 Å². The van der Waals surface area contributed by atoms with E-state index in [1.165, 1.54) is 83.5 Å². The van der Waals surface area contributed by atoms with Gasteiger partial charge in [-0.1, -0.05) is 65.2 Å². The van der Waals surface area contributed by atoms with Crippen LogP contribution in [0.1, 0.15) is 110 Å². The van der Waals surface area contributed by atoms with Gasteiger partial charge in [0.2, 0.25) is 0 Å². The molecule has 2 fully saturated rings. The van der Waals surface area contributed by atoms with Gasteiger partial charge in [0.15, 0.2) is 0 Å². The summed E-state index contributed by atoms with van der Waals surface area (Å²) in [7, 11) is 0.